The number of phenols is 1. The van der Waals surface area contributed by atoms with Crippen LogP contribution in [-0.2, 0) is 11.2 Å². The van der Waals surface area contributed by atoms with E-state index in [-0.39, 0.29) is 5.75 Å². The Balaban J connectivity index is 2.05. The summed E-state index contributed by atoms with van der Waals surface area (Å²) in [6.07, 6.45) is 0.248. The van der Waals surface area contributed by atoms with Crippen molar-refractivity contribution in [3.05, 3.63) is 17.5 Å². The van der Waals surface area contributed by atoms with E-state index in [1.807, 2.05) is 20.8 Å². The summed E-state index contributed by atoms with van der Waals surface area (Å²) in [5.74, 6) is 0.476. The van der Waals surface area contributed by atoms with Crippen LogP contribution in [0.15, 0.2) is 10.5 Å². The Morgan fingerprint density at radius 2 is 2.19 bits per heavy atom. The minimum Gasteiger partial charge on any atom is -0.504 e. The number of benzene rings is 1. The van der Waals surface area contributed by atoms with E-state index in [1.54, 1.807) is 13.0 Å². The number of ether oxygens (including phenoxy) is 1. The molecule has 112 valence electrons. The molecule has 0 atom stereocenters. The topological polar surface area (TPSA) is 75.8 Å². The van der Waals surface area contributed by atoms with E-state index in [0.717, 1.165) is 5.56 Å². The van der Waals surface area contributed by atoms with Crippen molar-refractivity contribution in [3.8, 4) is 5.75 Å². The van der Waals surface area contributed by atoms with Crippen molar-refractivity contribution in [2.45, 2.75) is 39.7 Å². The molecular formula is C15H18N2O4. The normalized spacial score (nSPS) is 14.6. The van der Waals surface area contributed by atoms with Gasteiger partial charge in [0.15, 0.2) is 17.2 Å². The zero-order valence-electron chi connectivity index (χ0n) is 12.6. The van der Waals surface area contributed by atoms with Crippen LogP contribution in [0.5, 0.6) is 5.75 Å². The second kappa shape index (κ2) is 4.38. The summed E-state index contributed by atoms with van der Waals surface area (Å²) >= 11 is 0. The Morgan fingerprint density at radius 1 is 1.48 bits per heavy atom. The molecule has 1 aromatic heterocycles. The number of anilines is 1. The lowest BCUT2D eigenvalue weighted by atomic mass is 10.1. The summed E-state index contributed by atoms with van der Waals surface area (Å²) in [4.78, 5) is 18.1. The zero-order valence-corrected chi connectivity index (χ0v) is 12.6. The summed E-state index contributed by atoms with van der Waals surface area (Å²) in [6.45, 7) is 7.71. The lowest BCUT2D eigenvalue weighted by molar-refractivity contribution is 0.0584. The van der Waals surface area contributed by atoms with Crippen LogP contribution in [0.4, 0.5) is 10.5 Å². The first-order chi connectivity index (χ1) is 9.76. The number of hydrogen-bond acceptors (Lipinski definition) is 5. The number of hydrogen-bond donors (Lipinski definition) is 1. The number of fused-ring (bicyclic) bond motifs is 3. The first-order valence-electron chi connectivity index (χ1n) is 6.89. The lowest BCUT2D eigenvalue weighted by Gasteiger charge is -2.24. The van der Waals surface area contributed by atoms with Gasteiger partial charge in [0.1, 0.15) is 11.1 Å². The summed E-state index contributed by atoms with van der Waals surface area (Å²) in [6, 6.07) is 1.54. The number of carbonyl (C=O) groups excluding carboxylic acids is 1. The van der Waals surface area contributed by atoms with Crippen molar-refractivity contribution in [1.29, 1.82) is 0 Å². The van der Waals surface area contributed by atoms with Gasteiger partial charge in [0.05, 0.1) is 5.69 Å². The van der Waals surface area contributed by atoms with E-state index < -0.39 is 11.7 Å². The molecule has 1 aliphatic rings. The zero-order chi connectivity index (χ0) is 15.4. The minimum atomic E-state index is -0.559. The van der Waals surface area contributed by atoms with Crippen LogP contribution in [-0.4, -0.2) is 28.3 Å². The smallest absolute Gasteiger partial charge is 0.414 e. The number of rotatable bonds is 0. The van der Waals surface area contributed by atoms with Gasteiger partial charge in [0.25, 0.3) is 0 Å². The first kappa shape index (κ1) is 13.7. The minimum absolute atomic E-state index is 0.0141. The van der Waals surface area contributed by atoms with Crippen LogP contribution in [0.1, 0.15) is 32.2 Å². The van der Waals surface area contributed by atoms with Gasteiger partial charge < -0.3 is 14.3 Å². The Labute approximate surface area is 122 Å². The number of nitrogens with zero attached hydrogens (tertiary/aromatic N) is 2. The molecule has 0 saturated carbocycles. The predicted octanol–water partition coefficient (Wildman–Crippen LogP) is 3.14. The van der Waals surface area contributed by atoms with Gasteiger partial charge in [0, 0.05) is 25.1 Å². The van der Waals surface area contributed by atoms with Crippen molar-refractivity contribution < 1.29 is 19.1 Å². The third-order valence-corrected chi connectivity index (χ3v) is 3.33. The van der Waals surface area contributed by atoms with E-state index in [0.29, 0.717) is 35.6 Å². The highest BCUT2D eigenvalue weighted by Gasteiger charge is 2.32. The molecule has 0 saturated heterocycles. The molecule has 0 bridgehead atoms. The second-order valence-electron chi connectivity index (χ2n) is 6.19. The fourth-order valence-electron chi connectivity index (χ4n) is 2.55. The molecule has 0 fully saturated rings. The molecule has 6 nitrogen and oxygen atoms in total. The Kier molecular flexibility index (Phi) is 2.86. The van der Waals surface area contributed by atoms with E-state index >= 15 is 0 Å². The number of aromatic hydroxyl groups is 1. The molecule has 3 rings (SSSR count). The van der Waals surface area contributed by atoms with Crippen molar-refractivity contribution in [2.75, 3.05) is 11.4 Å². The third-order valence-electron chi connectivity index (χ3n) is 3.33. The Morgan fingerprint density at radius 3 is 2.86 bits per heavy atom. The molecule has 1 N–H and O–H groups in total. The molecule has 0 radical (unpaired) electrons. The Hall–Kier alpha value is -2.24. The fourth-order valence-corrected chi connectivity index (χ4v) is 2.55. The number of aryl methyl sites for hydroxylation is 1. The lowest BCUT2D eigenvalue weighted by Crippen LogP contribution is -2.35. The highest BCUT2D eigenvalue weighted by Crippen LogP contribution is 2.40. The van der Waals surface area contributed by atoms with Gasteiger partial charge in [-0.1, -0.05) is 0 Å². The molecule has 1 aromatic carbocycles. The molecule has 0 aliphatic carbocycles. The summed E-state index contributed by atoms with van der Waals surface area (Å²) < 4.78 is 10.8. The quantitative estimate of drug-likeness (QED) is 0.806. The fraction of sp³-hybridized carbons (Fsp3) is 0.467. The maximum absolute atomic E-state index is 12.3. The number of amides is 1. The molecule has 2 heterocycles. The van der Waals surface area contributed by atoms with E-state index in [2.05, 4.69) is 4.98 Å². The van der Waals surface area contributed by atoms with Crippen LogP contribution in [0, 0.1) is 6.92 Å². The van der Waals surface area contributed by atoms with Crippen LogP contribution in [0.2, 0.25) is 0 Å². The van der Waals surface area contributed by atoms with E-state index in [9.17, 15) is 9.90 Å². The van der Waals surface area contributed by atoms with Gasteiger partial charge in [-0.2, -0.15) is 0 Å². The van der Waals surface area contributed by atoms with Crippen LogP contribution < -0.4 is 4.90 Å². The largest absolute Gasteiger partial charge is 0.504 e. The molecular weight excluding hydrogens is 272 g/mol. The standard InChI is InChI=1S/C15H18N2O4/c1-8-16-12-9-5-6-17(14(19)21-15(2,3)4)10(9)7-11(18)13(12)20-8/h7,18H,5-6H2,1-4H3. The number of oxazole rings is 1. The van der Waals surface area contributed by atoms with Gasteiger partial charge in [-0.05, 0) is 27.2 Å². The highest BCUT2D eigenvalue weighted by atomic mass is 16.6. The molecule has 0 unspecified atom stereocenters. The van der Waals surface area contributed by atoms with Gasteiger partial charge in [-0.3, -0.25) is 4.90 Å². The van der Waals surface area contributed by atoms with Crippen LogP contribution in [0.3, 0.4) is 0 Å². The van der Waals surface area contributed by atoms with Gasteiger partial charge >= 0.3 is 6.09 Å². The second-order valence-corrected chi connectivity index (χ2v) is 6.19. The average Bonchev–Trinajstić information content (AvgIpc) is 2.89. The van der Waals surface area contributed by atoms with Crippen molar-refractivity contribution in [1.82, 2.24) is 4.98 Å². The molecule has 2 aromatic rings. The van der Waals surface area contributed by atoms with Gasteiger partial charge in [-0.15, -0.1) is 0 Å². The molecule has 6 heteroatoms. The summed E-state index contributed by atoms with van der Waals surface area (Å²) in [5, 5.41) is 10.1. The molecule has 1 aliphatic heterocycles. The predicted molar refractivity (Wildman–Crippen MR) is 77.7 cm³/mol. The first-order valence-corrected chi connectivity index (χ1v) is 6.89. The van der Waals surface area contributed by atoms with Gasteiger partial charge in [-0.25, -0.2) is 9.78 Å². The summed E-state index contributed by atoms with van der Waals surface area (Å²) in [5.41, 5.74) is 1.98. The van der Waals surface area contributed by atoms with E-state index in [1.165, 1.54) is 4.90 Å². The molecule has 21 heavy (non-hydrogen) atoms. The summed E-state index contributed by atoms with van der Waals surface area (Å²) in [7, 11) is 0. The number of carbonyl (C=O) groups is 1. The van der Waals surface area contributed by atoms with Crippen LogP contribution in [0.25, 0.3) is 11.1 Å². The maximum Gasteiger partial charge on any atom is 0.414 e. The number of phenolic OH excluding ortho intramolecular Hbond substituents is 1. The highest BCUT2D eigenvalue weighted by molar-refractivity contribution is 5.97. The van der Waals surface area contributed by atoms with Crippen molar-refractivity contribution in [3.63, 3.8) is 0 Å². The molecule has 0 spiro atoms. The average molecular weight is 290 g/mol. The molecule has 1 amide bonds. The van der Waals surface area contributed by atoms with Crippen molar-refractivity contribution in [2.24, 2.45) is 0 Å². The van der Waals surface area contributed by atoms with Crippen molar-refractivity contribution >= 4 is 22.9 Å². The monoisotopic (exact) mass is 290 g/mol. The van der Waals surface area contributed by atoms with E-state index in [4.69, 9.17) is 9.15 Å². The third kappa shape index (κ3) is 2.30. The number of aromatic nitrogens is 1. The van der Waals surface area contributed by atoms with Gasteiger partial charge in [0.2, 0.25) is 0 Å². The van der Waals surface area contributed by atoms with Crippen LogP contribution >= 0.6 is 0 Å². The Bertz CT molecular complexity index is 727. The maximum atomic E-state index is 12.3. The SMILES string of the molecule is Cc1nc2c3c(cc(O)c2o1)N(C(=O)OC(C)(C)C)CC3.